The fourth-order valence-electron chi connectivity index (χ4n) is 1.72. The van der Waals surface area contributed by atoms with Gasteiger partial charge in [-0.2, -0.15) is 0 Å². The van der Waals surface area contributed by atoms with Crippen molar-refractivity contribution in [3.63, 3.8) is 0 Å². The molecule has 19 heavy (non-hydrogen) atoms. The van der Waals surface area contributed by atoms with E-state index < -0.39 is 15.4 Å². The third-order valence-corrected chi connectivity index (χ3v) is 5.44. The van der Waals surface area contributed by atoms with E-state index >= 15 is 0 Å². The molecular formula is C14H19NO3S. The van der Waals surface area contributed by atoms with Crippen molar-refractivity contribution in [1.82, 2.24) is 0 Å². The molecule has 0 unspecified atom stereocenters. The van der Waals surface area contributed by atoms with Gasteiger partial charge in [-0.15, -0.1) is 0 Å². The molecule has 0 N–H and O–H groups in total. The number of hydrogen-bond acceptors (Lipinski definition) is 3. The maximum absolute atomic E-state index is 12.3. The van der Waals surface area contributed by atoms with Gasteiger partial charge in [0.1, 0.15) is 0 Å². The Labute approximate surface area is 114 Å². The van der Waals surface area contributed by atoms with Gasteiger partial charge in [-0.3, -0.25) is 0 Å². The molecule has 5 heteroatoms. The molecule has 0 saturated heterocycles. The zero-order valence-corrected chi connectivity index (χ0v) is 12.3. The molecule has 104 valence electrons. The Morgan fingerprint density at radius 1 is 1.26 bits per heavy atom. The van der Waals surface area contributed by atoms with E-state index in [-0.39, 0.29) is 10.1 Å². The van der Waals surface area contributed by atoms with Gasteiger partial charge in [-0.25, -0.2) is 13.2 Å². The second kappa shape index (κ2) is 4.63. The lowest BCUT2D eigenvalue weighted by atomic mass is 10.1. The van der Waals surface area contributed by atoms with Crippen LogP contribution < -0.4 is 0 Å². The van der Waals surface area contributed by atoms with Crippen LogP contribution in [0.25, 0.3) is 0 Å². The summed E-state index contributed by atoms with van der Waals surface area (Å²) < 4.78 is 25.4. The van der Waals surface area contributed by atoms with Crippen LogP contribution in [0, 0.1) is 5.21 Å². The average molecular weight is 281 g/mol. The molecule has 1 aliphatic carbocycles. The minimum atomic E-state index is -3.28. The van der Waals surface area contributed by atoms with E-state index in [4.69, 9.17) is 0 Å². The highest BCUT2D eigenvalue weighted by Crippen LogP contribution is 2.34. The summed E-state index contributed by atoms with van der Waals surface area (Å²) in [6, 6.07) is 6.69. The van der Waals surface area contributed by atoms with Gasteiger partial charge in [0.15, 0.2) is 21.6 Å². The Kier molecular flexibility index (Phi) is 3.43. The van der Waals surface area contributed by atoms with Crippen LogP contribution >= 0.6 is 0 Å². The van der Waals surface area contributed by atoms with Crippen LogP contribution in [0.15, 0.2) is 29.2 Å². The first kappa shape index (κ1) is 14.1. The highest BCUT2D eigenvalue weighted by atomic mass is 32.2. The maximum atomic E-state index is 12.3. The molecule has 1 fully saturated rings. The standard InChI is InChI=1S/C14H19NO3S/c1-14(2,3)15(16)10-11-6-4-5-7-13(11)19(17,18)12-8-9-12/h4-7,10,12H,8-9H2,1-3H3/b15-10-. The molecule has 0 atom stereocenters. The predicted molar refractivity (Wildman–Crippen MR) is 75.2 cm³/mol. The van der Waals surface area contributed by atoms with Gasteiger partial charge in [0.05, 0.1) is 15.7 Å². The van der Waals surface area contributed by atoms with E-state index in [1.807, 2.05) is 0 Å². The van der Waals surface area contributed by atoms with Crippen molar-refractivity contribution in [1.29, 1.82) is 0 Å². The number of rotatable bonds is 3. The van der Waals surface area contributed by atoms with Crippen LogP contribution in [0.3, 0.4) is 0 Å². The second-order valence-corrected chi connectivity index (χ2v) is 8.10. The Balaban J connectivity index is 2.49. The monoisotopic (exact) mass is 281 g/mol. The topological polar surface area (TPSA) is 60.2 Å². The number of nitrogens with zero attached hydrogens (tertiary/aromatic N) is 1. The van der Waals surface area contributed by atoms with E-state index in [2.05, 4.69) is 0 Å². The van der Waals surface area contributed by atoms with Crippen molar-refractivity contribution in [2.75, 3.05) is 0 Å². The van der Waals surface area contributed by atoms with Crippen LogP contribution in [0.5, 0.6) is 0 Å². The largest absolute Gasteiger partial charge is 0.623 e. The zero-order chi connectivity index (χ0) is 14.3. The molecule has 1 aliphatic rings. The first-order valence-corrected chi connectivity index (χ1v) is 7.92. The lowest BCUT2D eigenvalue weighted by Gasteiger charge is -2.19. The molecule has 1 saturated carbocycles. The van der Waals surface area contributed by atoms with E-state index in [0.29, 0.717) is 5.56 Å². The number of benzene rings is 1. The molecule has 0 amide bonds. The molecule has 0 bridgehead atoms. The van der Waals surface area contributed by atoms with Crippen LogP contribution in [0.4, 0.5) is 0 Å². The fraction of sp³-hybridized carbons (Fsp3) is 0.500. The summed E-state index contributed by atoms with van der Waals surface area (Å²) in [5, 5.41) is 11.7. The Morgan fingerprint density at radius 3 is 2.37 bits per heavy atom. The molecular weight excluding hydrogens is 262 g/mol. The van der Waals surface area contributed by atoms with Gasteiger partial charge in [-0.1, -0.05) is 12.1 Å². The highest BCUT2D eigenvalue weighted by molar-refractivity contribution is 7.92. The Bertz CT molecular complexity index is 608. The molecule has 0 aliphatic heterocycles. The third kappa shape index (κ3) is 2.97. The molecule has 0 heterocycles. The number of sulfone groups is 1. The predicted octanol–water partition coefficient (Wildman–Crippen LogP) is 2.35. The van der Waals surface area contributed by atoms with Gasteiger partial charge in [0, 0.05) is 20.8 Å². The molecule has 2 rings (SSSR count). The van der Waals surface area contributed by atoms with Crippen LogP contribution in [0.2, 0.25) is 0 Å². The Hall–Kier alpha value is -1.36. The first-order valence-electron chi connectivity index (χ1n) is 6.37. The number of hydroxylamine groups is 1. The second-order valence-electron chi connectivity index (χ2n) is 5.91. The van der Waals surface area contributed by atoms with Crippen LogP contribution in [-0.4, -0.2) is 30.2 Å². The van der Waals surface area contributed by atoms with Gasteiger partial charge in [0.25, 0.3) is 0 Å². The van der Waals surface area contributed by atoms with Gasteiger partial charge < -0.3 is 5.21 Å². The van der Waals surface area contributed by atoms with E-state index in [1.54, 1.807) is 45.0 Å². The summed E-state index contributed by atoms with van der Waals surface area (Å²) in [5.41, 5.74) is -0.115. The molecule has 1 aromatic carbocycles. The summed E-state index contributed by atoms with van der Waals surface area (Å²) in [7, 11) is -3.28. The fourth-order valence-corrected chi connectivity index (χ4v) is 3.56. The van der Waals surface area contributed by atoms with Crippen molar-refractivity contribution < 1.29 is 13.2 Å². The highest BCUT2D eigenvalue weighted by Gasteiger charge is 2.38. The van der Waals surface area contributed by atoms with Gasteiger partial charge in [0.2, 0.25) is 0 Å². The van der Waals surface area contributed by atoms with Crippen LogP contribution in [0.1, 0.15) is 39.2 Å². The van der Waals surface area contributed by atoms with E-state index in [0.717, 1.165) is 17.6 Å². The molecule has 0 radical (unpaired) electrons. The van der Waals surface area contributed by atoms with E-state index in [9.17, 15) is 13.6 Å². The maximum Gasteiger partial charge on any atom is 0.183 e. The zero-order valence-electron chi connectivity index (χ0n) is 11.5. The lowest BCUT2D eigenvalue weighted by Crippen LogP contribution is -2.29. The van der Waals surface area contributed by atoms with Crippen molar-refractivity contribution in [3.8, 4) is 0 Å². The Morgan fingerprint density at radius 2 is 1.84 bits per heavy atom. The SMILES string of the molecule is CC(C)(C)/[N+]([O-])=C/c1ccccc1S(=O)(=O)C1CC1. The first-order chi connectivity index (χ1) is 8.73. The lowest BCUT2D eigenvalue weighted by molar-refractivity contribution is -0.530. The minimum absolute atomic E-state index is 0.266. The van der Waals surface area contributed by atoms with Crippen molar-refractivity contribution in [3.05, 3.63) is 35.0 Å². The molecule has 0 spiro atoms. The summed E-state index contributed by atoms with van der Waals surface area (Å²) in [6.07, 6.45) is 2.81. The van der Waals surface area contributed by atoms with Crippen molar-refractivity contribution in [2.45, 2.75) is 49.3 Å². The summed E-state index contributed by atoms with van der Waals surface area (Å²) in [4.78, 5) is 0.266. The van der Waals surface area contributed by atoms with Crippen molar-refractivity contribution >= 4 is 16.1 Å². The summed E-state index contributed by atoms with van der Waals surface area (Å²) in [5.74, 6) is 0. The normalized spacial score (nSPS) is 17.5. The van der Waals surface area contributed by atoms with Gasteiger partial charge >= 0.3 is 0 Å². The molecule has 4 nitrogen and oxygen atoms in total. The third-order valence-electron chi connectivity index (χ3n) is 3.11. The number of hydrogen-bond donors (Lipinski definition) is 0. The van der Waals surface area contributed by atoms with Crippen LogP contribution in [-0.2, 0) is 9.84 Å². The summed E-state index contributed by atoms with van der Waals surface area (Å²) in [6.45, 7) is 5.36. The van der Waals surface area contributed by atoms with Gasteiger partial charge in [-0.05, 0) is 25.0 Å². The summed E-state index contributed by atoms with van der Waals surface area (Å²) >= 11 is 0. The molecule has 1 aromatic rings. The quantitative estimate of drug-likeness (QED) is 0.370. The minimum Gasteiger partial charge on any atom is -0.623 e. The van der Waals surface area contributed by atoms with E-state index in [1.165, 1.54) is 6.21 Å². The molecule has 0 aromatic heterocycles. The van der Waals surface area contributed by atoms with Crippen molar-refractivity contribution in [2.24, 2.45) is 0 Å². The average Bonchev–Trinajstić information content (AvgIpc) is 3.12. The smallest absolute Gasteiger partial charge is 0.183 e.